The standard InChI is InChI=1S/C13H13BrN2O/c1-17-13-8-12(6-7-15-13)16-9-10-2-4-11(14)5-3-10/h2-8H,9H2,1H3,(H,15,16). The second-order valence-electron chi connectivity index (χ2n) is 3.57. The Morgan fingerprint density at radius 1 is 1.24 bits per heavy atom. The predicted octanol–water partition coefficient (Wildman–Crippen LogP) is 3.46. The maximum atomic E-state index is 5.07. The quantitative estimate of drug-likeness (QED) is 0.937. The van der Waals surface area contributed by atoms with Crippen molar-refractivity contribution in [2.75, 3.05) is 12.4 Å². The number of anilines is 1. The molecule has 0 saturated carbocycles. The van der Waals surface area contributed by atoms with E-state index in [1.165, 1.54) is 5.56 Å². The molecule has 0 bridgehead atoms. The van der Waals surface area contributed by atoms with Crippen LogP contribution in [0.25, 0.3) is 0 Å². The molecule has 17 heavy (non-hydrogen) atoms. The second-order valence-corrected chi connectivity index (χ2v) is 4.48. The van der Waals surface area contributed by atoms with Crippen molar-refractivity contribution < 1.29 is 4.74 Å². The molecule has 4 heteroatoms. The van der Waals surface area contributed by atoms with E-state index in [1.807, 2.05) is 24.3 Å². The minimum absolute atomic E-state index is 0.616. The van der Waals surface area contributed by atoms with E-state index in [-0.39, 0.29) is 0 Å². The Morgan fingerprint density at radius 3 is 2.71 bits per heavy atom. The molecular formula is C13H13BrN2O. The molecular weight excluding hydrogens is 280 g/mol. The Labute approximate surface area is 109 Å². The molecule has 0 unspecified atom stereocenters. The van der Waals surface area contributed by atoms with Crippen LogP contribution in [-0.4, -0.2) is 12.1 Å². The van der Waals surface area contributed by atoms with Crippen molar-refractivity contribution in [3.8, 4) is 5.88 Å². The summed E-state index contributed by atoms with van der Waals surface area (Å²) in [5.41, 5.74) is 2.23. The van der Waals surface area contributed by atoms with Crippen LogP contribution in [0, 0.1) is 0 Å². The summed E-state index contributed by atoms with van der Waals surface area (Å²) in [4.78, 5) is 4.06. The maximum Gasteiger partial charge on any atom is 0.214 e. The molecule has 0 saturated heterocycles. The monoisotopic (exact) mass is 292 g/mol. The number of aromatic nitrogens is 1. The van der Waals surface area contributed by atoms with Crippen LogP contribution in [-0.2, 0) is 6.54 Å². The van der Waals surface area contributed by atoms with Crippen LogP contribution in [0.5, 0.6) is 5.88 Å². The number of nitrogens with one attached hydrogen (secondary N) is 1. The van der Waals surface area contributed by atoms with Gasteiger partial charge in [-0.1, -0.05) is 28.1 Å². The fourth-order valence-electron chi connectivity index (χ4n) is 1.44. The third-order valence-corrected chi connectivity index (χ3v) is 2.88. The molecule has 0 fully saturated rings. The van der Waals surface area contributed by atoms with Crippen molar-refractivity contribution in [3.05, 3.63) is 52.6 Å². The third-order valence-electron chi connectivity index (χ3n) is 2.35. The number of ether oxygens (including phenoxy) is 1. The first kappa shape index (κ1) is 11.9. The number of halogens is 1. The summed E-state index contributed by atoms with van der Waals surface area (Å²) in [7, 11) is 1.61. The first-order valence-corrected chi connectivity index (χ1v) is 6.05. The molecule has 0 aliphatic rings. The van der Waals surface area contributed by atoms with Gasteiger partial charge >= 0.3 is 0 Å². The van der Waals surface area contributed by atoms with E-state index in [1.54, 1.807) is 13.3 Å². The number of pyridine rings is 1. The number of rotatable bonds is 4. The molecule has 0 aliphatic carbocycles. The summed E-state index contributed by atoms with van der Waals surface area (Å²) >= 11 is 3.42. The maximum absolute atomic E-state index is 5.07. The largest absolute Gasteiger partial charge is 0.481 e. The summed E-state index contributed by atoms with van der Waals surface area (Å²) in [5, 5.41) is 3.32. The number of benzene rings is 1. The summed E-state index contributed by atoms with van der Waals surface area (Å²) in [6, 6.07) is 12.0. The summed E-state index contributed by atoms with van der Waals surface area (Å²) in [5.74, 6) is 0.616. The topological polar surface area (TPSA) is 34.1 Å². The van der Waals surface area contributed by atoms with Gasteiger partial charge in [0.05, 0.1) is 7.11 Å². The molecule has 0 aliphatic heterocycles. The van der Waals surface area contributed by atoms with E-state index >= 15 is 0 Å². The highest BCUT2D eigenvalue weighted by atomic mass is 79.9. The zero-order valence-electron chi connectivity index (χ0n) is 9.48. The fourth-order valence-corrected chi connectivity index (χ4v) is 1.70. The van der Waals surface area contributed by atoms with Crippen LogP contribution in [0.4, 0.5) is 5.69 Å². The lowest BCUT2D eigenvalue weighted by molar-refractivity contribution is 0.398. The Morgan fingerprint density at radius 2 is 2.00 bits per heavy atom. The molecule has 0 radical (unpaired) electrons. The molecule has 1 aromatic heterocycles. The van der Waals surface area contributed by atoms with E-state index in [0.29, 0.717) is 5.88 Å². The molecule has 0 spiro atoms. The van der Waals surface area contributed by atoms with Gasteiger partial charge in [-0.3, -0.25) is 0 Å². The van der Waals surface area contributed by atoms with Crippen LogP contribution < -0.4 is 10.1 Å². The predicted molar refractivity (Wildman–Crippen MR) is 72.3 cm³/mol. The molecule has 1 N–H and O–H groups in total. The number of hydrogen-bond acceptors (Lipinski definition) is 3. The van der Waals surface area contributed by atoms with Crippen LogP contribution in [0.1, 0.15) is 5.56 Å². The normalized spacial score (nSPS) is 10.0. The van der Waals surface area contributed by atoms with E-state index in [4.69, 9.17) is 4.74 Å². The Bertz CT molecular complexity index is 485. The van der Waals surface area contributed by atoms with Gasteiger partial charge in [-0.25, -0.2) is 4.98 Å². The van der Waals surface area contributed by atoms with Gasteiger partial charge in [0.15, 0.2) is 0 Å². The first-order valence-electron chi connectivity index (χ1n) is 5.26. The Balaban J connectivity index is 1.99. The Kier molecular flexibility index (Phi) is 3.98. The molecule has 0 amide bonds. The van der Waals surface area contributed by atoms with Crippen LogP contribution in [0.3, 0.4) is 0 Å². The molecule has 1 aromatic carbocycles. The van der Waals surface area contributed by atoms with Crippen molar-refractivity contribution in [2.45, 2.75) is 6.54 Å². The van der Waals surface area contributed by atoms with Crippen LogP contribution in [0.2, 0.25) is 0 Å². The van der Waals surface area contributed by atoms with Gasteiger partial charge in [0.25, 0.3) is 0 Å². The van der Waals surface area contributed by atoms with Crippen LogP contribution >= 0.6 is 15.9 Å². The van der Waals surface area contributed by atoms with Crippen molar-refractivity contribution in [3.63, 3.8) is 0 Å². The lowest BCUT2D eigenvalue weighted by Gasteiger charge is -2.07. The van der Waals surface area contributed by atoms with Gasteiger partial charge in [-0.2, -0.15) is 0 Å². The van der Waals surface area contributed by atoms with Gasteiger partial charge in [0, 0.05) is 29.0 Å². The second kappa shape index (κ2) is 5.68. The lowest BCUT2D eigenvalue weighted by atomic mass is 10.2. The molecule has 1 heterocycles. The zero-order valence-corrected chi connectivity index (χ0v) is 11.1. The average Bonchev–Trinajstić information content (AvgIpc) is 2.38. The van der Waals surface area contributed by atoms with E-state index < -0.39 is 0 Å². The van der Waals surface area contributed by atoms with E-state index in [2.05, 4.69) is 38.4 Å². The number of methoxy groups -OCH3 is 1. The number of nitrogens with zero attached hydrogens (tertiary/aromatic N) is 1. The van der Waals surface area contributed by atoms with Gasteiger partial charge in [-0.05, 0) is 23.8 Å². The molecule has 3 nitrogen and oxygen atoms in total. The summed E-state index contributed by atoms with van der Waals surface area (Å²) < 4.78 is 6.15. The van der Waals surface area contributed by atoms with E-state index in [0.717, 1.165) is 16.7 Å². The van der Waals surface area contributed by atoms with Crippen molar-refractivity contribution in [1.29, 1.82) is 0 Å². The van der Waals surface area contributed by atoms with Gasteiger partial charge < -0.3 is 10.1 Å². The third kappa shape index (κ3) is 3.46. The summed E-state index contributed by atoms with van der Waals surface area (Å²) in [6.45, 7) is 0.778. The zero-order chi connectivity index (χ0) is 12.1. The van der Waals surface area contributed by atoms with Crippen LogP contribution in [0.15, 0.2) is 47.1 Å². The fraction of sp³-hybridized carbons (Fsp3) is 0.154. The molecule has 2 rings (SSSR count). The van der Waals surface area contributed by atoms with E-state index in [9.17, 15) is 0 Å². The minimum Gasteiger partial charge on any atom is -0.481 e. The van der Waals surface area contributed by atoms with Crippen molar-refractivity contribution >= 4 is 21.6 Å². The smallest absolute Gasteiger partial charge is 0.214 e. The minimum atomic E-state index is 0.616. The molecule has 88 valence electrons. The first-order chi connectivity index (χ1) is 8.28. The number of hydrogen-bond donors (Lipinski definition) is 1. The van der Waals surface area contributed by atoms with Gasteiger partial charge in [-0.15, -0.1) is 0 Å². The van der Waals surface area contributed by atoms with Crippen molar-refractivity contribution in [2.24, 2.45) is 0 Å². The highest BCUT2D eigenvalue weighted by Gasteiger charge is 1.97. The van der Waals surface area contributed by atoms with Crippen molar-refractivity contribution in [1.82, 2.24) is 4.98 Å². The highest BCUT2D eigenvalue weighted by molar-refractivity contribution is 9.10. The molecule has 2 aromatic rings. The SMILES string of the molecule is COc1cc(NCc2ccc(Br)cc2)ccn1. The highest BCUT2D eigenvalue weighted by Crippen LogP contribution is 2.15. The average molecular weight is 293 g/mol. The van der Waals surface area contributed by atoms with Gasteiger partial charge in [0.1, 0.15) is 0 Å². The van der Waals surface area contributed by atoms with Gasteiger partial charge in [0.2, 0.25) is 5.88 Å². The molecule has 0 atom stereocenters. The Hall–Kier alpha value is -1.55. The summed E-state index contributed by atoms with van der Waals surface area (Å²) in [6.07, 6.45) is 1.72. The lowest BCUT2D eigenvalue weighted by Crippen LogP contribution is -1.99.